The fourth-order valence-corrected chi connectivity index (χ4v) is 2.66. The summed E-state index contributed by atoms with van der Waals surface area (Å²) < 4.78 is 18.7. The van der Waals surface area contributed by atoms with E-state index in [0.717, 1.165) is 35.3 Å². The van der Waals surface area contributed by atoms with Crippen molar-refractivity contribution in [3.8, 4) is 5.75 Å². The van der Waals surface area contributed by atoms with Crippen LogP contribution in [-0.4, -0.2) is 5.11 Å². The second-order valence-corrected chi connectivity index (χ2v) is 5.36. The Kier molecular flexibility index (Phi) is 3.64. The minimum absolute atomic E-state index is 0.100. The van der Waals surface area contributed by atoms with Crippen molar-refractivity contribution in [2.24, 2.45) is 0 Å². The fraction of sp³-hybridized carbons (Fsp3) is 0.250. The molecule has 0 aliphatic heterocycles. The zero-order valence-corrected chi connectivity index (χ0v) is 11.5. The van der Waals surface area contributed by atoms with E-state index in [1.165, 1.54) is 6.07 Å². The first-order valence-electron chi connectivity index (χ1n) is 6.51. The van der Waals surface area contributed by atoms with Gasteiger partial charge in [0.1, 0.15) is 18.2 Å². The Labute approximate surface area is 121 Å². The molecule has 0 unspecified atom stereocenters. The van der Waals surface area contributed by atoms with Gasteiger partial charge >= 0.3 is 0 Å². The van der Waals surface area contributed by atoms with Crippen molar-refractivity contribution in [1.82, 2.24) is 0 Å². The van der Waals surface area contributed by atoms with E-state index in [1.807, 2.05) is 18.2 Å². The Bertz CT molecular complexity index is 642. The summed E-state index contributed by atoms with van der Waals surface area (Å²) in [7, 11) is 0. The molecule has 0 saturated carbocycles. The van der Waals surface area contributed by atoms with Gasteiger partial charge in [0.25, 0.3) is 0 Å². The van der Waals surface area contributed by atoms with Crippen LogP contribution in [0.15, 0.2) is 36.4 Å². The lowest BCUT2D eigenvalue weighted by Gasteiger charge is -2.09. The lowest BCUT2D eigenvalue weighted by molar-refractivity contribution is 0.180. The second kappa shape index (κ2) is 5.43. The molecule has 2 aromatic carbocycles. The summed E-state index contributed by atoms with van der Waals surface area (Å²) in [5, 5.41) is 9.85. The molecule has 0 radical (unpaired) electrons. The smallest absolute Gasteiger partial charge is 0.141 e. The molecule has 0 fully saturated rings. The largest absolute Gasteiger partial charge is 0.489 e. The third-order valence-corrected chi connectivity index (χ3v) is 3.84. The van der Waals surface area contributed by atoms with Gasteiger partial charge in [-0.05, 0) is 53.8 Å². The van der Waals surface area contributed by atoms with E-state index in [2.05, 4.69) is 0 Å². The van der Waals surface area contributed by atoms with E-state index >= 15 is 0 Å². The summed E-state index contributed by atoms with van der Waals surface area (Å²) >= 11 is 5.73. The molecule has 0 spiro atoms. The molecule has 1 aliphatic carbocycles. The Hall–Kier alpha value is -1.58. The summed E-state index contributed by atoms with van der Waals surface area (Å²) in [4.78, 5) is 0. The summed E-state index contributed by atoms with van der Waals surface area (Å²) in [6.07, 6.45) is 1.29. The van der Waals surface area contributed by atoms with Crippen molar-refractivity contribution in [3.63, 3.8) is 0 Å². The third-order valence-electron chi connectivity index (χ3n) is 3.55. The van der Waals surface area contributed by atoms with Crippen LogP contribution in [0.25, 0.3) is 0 Å². The summed E-state index contributed by atoms with van der Waals surface area (Å²) in [5.74, 6) is 0.320. The van der Waals surface area contributed by atoms with Crippen molar-refractivity contribution < 1.29 is 14.2 Å². The Morgan fingerprint density at radius 2 is 2.10 bits per heavy atom. The molecule has 0 heterocycles. The van der Waals surface area contributed by atoms with Crippen LogP contribution < -0.4 is 4.74 Å². The van der Waals surface area contributed by atoms with Gasteiger partial charge in [-0.3, -0.25) is 0 Å². The molecule has 1 aliphatic rings. The molecule has 104 valence electrons. The van der Waals surface area contributed by atoms with Gasteiger partial charge < -0.3 is 9.84 Å². The molecule has 2 nitrogen and oxygen atoms in total. The van der Waals surface area contributed by atoms with Crippen LogP contribution >= 0.6 is 11.6 Å². The molecule has 0 aromatic heterocycles. The topological polar surface area (TPSA) is 29.5 Å². The maximum absolute atomic E-state index is 13.1. The minimum Gasteiger partial charge on any atom is -0.489 e. The van der Waals surface area contributed by atoms with Crippen LogP contribution in [0.3, 0.4) is 0 Å². The SMILES string of the molecule is O[C@@H]1CCc2cc(OCc3ccc(F)c(Cl)c3)ccc21. The number of hydrogen-bond donors (Lipinski definition) is 1. The van der Waals surface area contributed by atoms with Crippen LogP contribution in [0.4, 0.5) is 4.39 Å². The number of ether oxygens (including phenoxy) is 1. The number of aliphatic hydroxyl groups excluding tert-OH is 1. The van der Waals surface area contributed by atoms with E-state index in [4.69, 9.17) is 16.3 Å². The quantitative estimate of drug-likeness (QED) is 0.925. The molecule has 2 aromatic rings. The Morgan fingerprint density at radius 1 is 1.25 bits per heavy atom. The highest BCUT2D eigenvalue weighted by Crippen LogP contribution is 2.33. The second-order valence-electron chi connectivity index (χ2n) is 4.95. The van der Waals surface area contributed by atoms with E-state index in [0.29, 0.717) is 6.61 Å². The van der Waals surface area contributed by atoms with Crippen LogP contribution in [-0.2, 0) is 13.0 Å². The number of aryl methyl sites for hydroxylation is 1. The van der Waals surface area contributed by atoms with E-state index < -0.39 is 5.82 Å². The monoisotopic (exact) mass is 292 g/mol. The van der Waals surface area contributed by atoms with E-state index in [1.54, 1.807) is 12.1 Å². The fourth-order valence-electron chi connectivity index (χ4n) is 2.46. The van der Waals surface area contributed by atoms with Gasteiger partial charge in [-0.25, -0.2) is 4.39 Å². The Balaban J connectivity index is 1.71. The summed E-state index contributed by atoms with van der Waals surface area (Å²) in [6, 6.07) is 10.3. The van der Waals surface area contributed by atoms with Gasteiger partial charge in [0, 0.05) is 0 Å². The van der Waals surface area contributed by atoms with E-state index in [9.17, 15) is 9.50 Å². The molecule has 4 heteroatoms. The molecule has 0 bridgehead atoms. The average Bonchev–Trinajstić information content (AvgIpc) is 2.81. The molecule has 3 rings (SSSR count). The highest BCUT2D eigenvalue weighted by atomic mass is 35.5. The van der Waals surface area contributed by atoms with Crippen molar-refractivity contribution in [2.45, 2.75) is 25.6 Å². The molecule has 1 atom stereocenters. The molecule has 0 amide bonds. The highest BCUT2D eigenvalue weighted by molar-refractivity contribution is 6.30. The molecule has 1 N–H and O–H groups in total. The van der Waals surface area contributed by atoms with Gasteiger partial charge in [0.05, 0.1) is 11.1 Å². The number of aliphatic hydroxyl groups is 1. The lowest BCUT2D eigenvalue weighted by atomic mass is 10.1. The Morgan fingerprint density at radius 3 is 2.90 bits per heavy atom. The van der Waals surface area contributed by atoms with Gasteiger partial charge in [-0.1, -0.05) is 23.7 Å². The number of halogens is 2. The number of fused-ring (bicyclic) bond motifs is 1. The zero-order chi connectivity index (χ0) is 14.1. The minimum atomic E-state index is -0.429. The maximum Gasteiger partial charge on any atom is 0.141 e. The number of benzene rings is 2. The summed E-state index contributed by atoms with van der Waals surface area (Å²) in [6.45, 7) is 0.335. The van der Waals surface area contributed by atoms with Crippen LogP contribution in [0, 0.1) is 5.82 Å². The van der Waals surface area contributed by atoms with E-state index in [-0.39, 0.29) is 11.1 Å². The first-order valence-corrected chi connectivity index (χ1v) is 6.89. The average molecular weight is 293 g/mol. The van der Waals surface area contributed by atoms with Crippen LogP contribution in [0.2, 0.25) is 5.02 Å². The highest BCUT2D eigenvalue weighted by Gasteiger charge is 2.20. The van der Waals surface area contributed by atoms with Crippen molar-refractivity contribution in [3.05, 3.63) is 63.9 Å². The standard InChI is InChI=1S/C16H14ClFO2/c17-14-7-10(1-5-15(14)18)9-20-12-3-4-13-11(8-12)2-6-16(13)19/h1,3-5,7-8,16,19H,2,6,9H2/t16-/m1/s1. The van der Waals surface area contributed by atoms with Gasteiger partial charge in [0.2, 0.25) is 0 Å². The number of rotatable bonds is 3. The van der Waals surface area contributed by atoms with Gasteiger partial charge in [-0.15, -0.1) is 0 Å². The van der Waals surface area contributed by atoms with Crippen molar-refractivity contribution in [2.75, 3.05) is 0 Å². The van der Waals surface area contributed by atoms with Crippen molar-refractivity contribution >= 4 is 11.6 Å². The van der Waals surface area contributed by atoms with Crippen LogP contribution in [0.1, 0.15) is 29.2 Å². The predicted octanol–water partition coefficient (Wildman–Crippen LogP) is 4.04. The first-order chi connectivity index (χ1) is 9.63. The number of hydrogen-bond acceptors (Lipinski definition) is 2. The molecular weight excluding hydrogens is 279 g/mol. The lowest BCUT2D eigenvalue weighted by Crippen LogP contribution is -1.97. The predicted molar refractivity (Wildman–Crippen MR) is 75.5 cm³/mol. The molecule has 0 saturated heterocycles. The normalized spacial score (nSPS) is 17.1. The molecule has 20 heavy (non-hydrogen) atoms. The molecular formula is C16H14ClFO2. The third kappa shape index (κ3) is 2.65. The van der Waals surface area contributed by atoms with Gasteiger partial charge in [0.15, 0.2) is 0 Å². The van der Waals surface area contributed by atoms with Gasteiger partial charge in [-0.2, -0.15) is 0 Å². The van der Waals surface area contributed by atoms with Crippen LogP contribution in [0.5, 0.6) is 5.75 Å². The first kappa shape index (κ1) is 13.4. The van der Waals surface area contributed by atoms with Crippen molar-refractivity contribution in [1.29, 1.82) is 0 Å². The zero-order valence-electron chi connectivity index (χ0n) is 10.8. The maximum atomic E-state index is 13.1. The summed E-state index contributed by atoms with van der Waals surface area (Å²) in [5.41, 5.74) is 2.94.